The molecule has 2 rings (SSSR count). The van der Waals surface area contributed by atoms with Crippen LogP contribution in [-0.2, 0) is 9.59 Å². The van der Waals surface area contributed by atoms with Gasteiger partial charge in [-0.05, 0) is 66.5 Å². The average molecular weight is 446 g/mol. The van der Waals surface area contributed by atoms with Gasteiger partial charge in [-0.15, -0.1) is 0 Å². The Labute approximate surface area is 187 Å². The minimum Gasteiger partial charge on any atom is -0.497 e. The minimum atomic E-state index is -0.472. The number of hydrogen-bond acceptors (Lipinski definition) is 6. The van der Waals surface area contributed by atoms with E-state index in [-0.39, 0.29) is 24.2 Å². The highest BCUT2D eigenvalue weighted by Crippen LogP contribution is 2.27. The maximum atomic E-state index is 12.0. The molecule has 0 heterocycles. The van der Waals surface area contributed by atoms with Crippen molar-refractivity contribution >= 4 is 29.1 Å². The van der Waals surface area contributed by atoms with E-state index >= 15 is 0 Å². The molecule has 2 aromatic carbocycles. The van der Waals surface area contributed by atoms with Gasteiger partial charge in [0.15, 0.2) is 18.3 Å². The Morgan fingerprint density at radius 2 is 1.58 bits per heavy atom. The minimum absolute atomic E-state index is 0.0601. The van der Waals surface area contributed by atoms with E-state index in [1.807, 2.05) is 25.1 Å². The summed E-state index contributed by atoms with van der Waals surface area (Å²) in [5.41, 5.74) is 6.90. The van der Waals surface area contributed by atoms with E-state index in [2.05, 4.69) is 30.0 Å². The molecule has 0 spiro atoms. The maximum Gasteiger partial charge on any atom is 0.276 e. The first-order chi connectivity index (χ1) is 14.8. The summed E-state index contributed by atoms with van der Waals surface area (Å²) in [7, 11) is 1.56. The van der Waals surface area contributed by atoms with Crippen LogP contribution in [-0.4, -0.2) is 37.3 Å². The topological polar surface area (TPSA) is 97.9 Å². The third-order valence-electron chi connectivity index (χ3n) is 4.15. The predicted molar refractivity (Wildman–Crippen MR) is 121 cm³/mol. The fourth-order valence-corrected chi connectivity index (χ4v) is 2.73. The van der Waals surface area contributed by atoms with E-state index in [0.717, 1.165) is 11.1 Å². The zero-order valence-corrected chi connectivity index (χ0v) is 18.8. The lowest BCUT2D eigenvalue weighted by Crippen LogP contribution is -2.50. The molecule has 0 saturated carbocycles. The van der Waals surface area contributed by atoms with E-state index in [9.17, 15) is 9.59 Å². The number of nitrogens with one attached hydrogen (secondary N) is 3. The molecular formula is C22H27N3O5S. The number of ether oxygens (including phenoxy) is 3. The third-order valence-corrected chi connectivity index (χ3v) is 4.35. The Kier molecular flexibility index (Phi) is 9.08. The van der Waals surface area contributed by atoms with Crippen molar-refractivity contribution in [3.05, 3.63) is 53.6 Å². The highest BCUT2D eigenvalue weighted by atomic mass is 32.1. The Hall–Kier alpha value is -3.33. The molecule has 0 aliphatic rings. The smallest absolute Gasteiger partial charge is 0.276 e. The number of rotatable bonds is 8. The number of carbonyl (C=O) groups excluding carboxylic acids is 2. The number of hydrazine groups is 1. The monoisotopic (exact) mass is 445 g/mol. The SMILES string of the molecule is COc1ccc(OCC(=O)NC(=S)NNC(=O)COc2cc(C)ccc2C(C)C)cc1. The Morgan fingerprint density at radius 1 is 0.935 bits per heavy atom. The second-order valence-corrected chi connectivity index (χ2v) is 7.41. The van der Waals surface area contributed by atoms with Crippen LogP contribution in [0.5, 0.6) is 17.2 Å². The van der Waals surface area contributed by atoms with Crippen LogP contribution in [0.15, 0.2) is 42.5 Å². The van der Waals surface area contributed by atoms with Gasteiger partial charge in [-0.3, -0.25) is 25.8 Å². The first-order valence-electron chi connectivity index (χ1n) is 9.67. The molecule has 31 heavy (non-hydrogen) atoms. The lowest BCUT2D eigenvalue weighted by molar-refractivity contribution is -0.124. The maximum absolute atomic E-state index is 12.0. The molecule has 0 radical (unpaired) electrons. The van der Waals surface area contributed by atoms with E-state index in [0.29, 0.717) is 17.2 Å². The molecule has 2 aromatic rings. The van der Waals surface area contributed by atoms with E-state index in [4.69, 9.17) is 26.4 Å². The number of hydrogen-bond donors (Lipinski definition) is 3. The summed E-state index contributed by atoms with van der Waals surface area (Å²) in [5.74, 6) is 1.21. The molecule has 8 nitrogen and oxygen atoms in total. The van der Waals surface area contributed by atoms with Crippen molar-refractivity contribution in [3.8, 4) is 17.2 Å². The third kappa shape index (κ3) is 8.13. The van der Waals surface area contributed by atoms with Crippen LogP contribution in [0.1, 0.15) is 30.9 Å². The van der Waals surface area contributed by atoms with Gasteiger partial charge in [0.2, 0.25) is 0 Å². The zero-order valence-electron chi connectivity index (χ0n) is 18.0. The normalized spacial score (nSPS) is 10.2. The van der Waals surface area contributed by atoms with Crippen LogP contribution >= 0.6 is 12.2 Å². The molecule has 0 saturated heterocycles. The first-order valence-corrected chi connectivity index (χ1v) is 10.1. The van der Waals surface area contributed by atoms with Crippen LogP contribution in [0.2, 0.25) is 0 Å². The average Bonchev–Trinajstić information content (AvgIpc) is 2.75. The lowest BCUT2D eigenvalue weighted by Gasteiger charge is -2.15. The van der Waals surface area contributed by atoms with Crippen molar-refractivity contribution in [1.29, 1.82) is 0 Å². The molecule has 2 amide bonds. The number of methoxy groups -OCH3 is 1. The Morgan fingerprint density at radius 3 is 2.23 bits per heavy atom. The van der Waals surface area contributed by atoms with Crippen molar-refractivity contribution in [2.24, 2.45) is 0 Å². The molecule has 0 atom stereocenters. The predicted octanol–water partition coefficient (Wildman–Crippen LogP) is 2.61. The summed E-state index contributed by atoms with van der Waals surface area (Å²) in [6, 6.07) is 12.7. The van der Waals surface area contributed by atoms with Gasteiger partial charge in [0.1, 0.15) is 17.2 Å². The molecule has 3 N–H and O–H groups in total. The zero-order chi connectivity index (χ0) is 22.8. The molecule has 0 fully saturated rings. The van der Waals surface area contributed by atoms with Crippen molar-refractivity contribution < 1.29 is 23.8 Å². The standard InChI is InChI=1S/C22H27N3O5S/c1-14(2)18-10-5-15(3)11-19(18)30-13-21(27)24-25-22(31)23-20(26)12-29-17-8-6-16(28-4)7-9-17/h5-11,14H,12-13H2,1-4H3,(H,24,27)(H2,23,25,26,31). The van der Waals surface area contributed by atoms with Gasteiger partial charge in [0.25, 0.3) is 11.8 Å². The molecular weight excluding hydrogens is 418 g/mol. The van der Waals surface area contributed by atoms with Crippen LogP contribution in [0.25, 0.3) is 0 Å². The van der Waals surface area contributed by atoms with Crippen LogP contribution < -0.4 is 30.4 Å². The van der Waals surface area contributed by atoms with Gasteiger partial charge >= 0.3 is 0 Å². The Balaban J connectivity index is 1.71. The number of carbonyl (C=O) groups is 2. The molecule has 166 valence electrons. The number of thiocarbonyl (C=S) groups is 1. The molecule has 9 heteroatoms. The van der Waals surface area contributed by atoms with Crippen molar-refractivity contribution in [2.45, 2.75) is 26.7 Å². The van der Waals surface area contributed by atoms with Crippen LogP contribution in [0.3, 0.4) is 0 Å². The van der Waals surface area contributed by atoms with Crippen molar-refractivity contribution in [2.75, 3.05) is 20.3 Å². The second kappa shape index (κ2) is 11.8. The molecule has 0 aliphatic carbocycles. The van der Waals surface area contributed by atoms with Gasteiger partial charge < -0.3 is 14.2 Å². The number of amides is 2. The summed E-state index contributed by atoms with van der Waals surface area (Å²) in [6.07, 6.45) is 0. The second-order valence-electron chi connectivity index (χ2n) is 7.00. The highest BCUT2D eigenvalue weighted by Gasteiger charge is 2.11. The largest absolute Gasteiger partial charge is 0.497 e. The number of aryl methyl sites for hydroxylation is 1. The van der Waals surface area contributed by atoms with E-state index < -0.39 is 11.8 Å². The summed E-state index contributed by atoms with van der Waals surface area (Å²) in [5, 5.41) is 2.35. The first kappa shape index (κ1) is 23.9. The summed E-state index contributed by atoms with van der Waals surface area (Å²) >= 11 is 4.99. The molecule has 0 aromatic heterocycles. The lowest BCUT2D eigenvalue weighted by atomic mass is 10.0. The quantitative estimate of drug-likeness (QED) is 0.424. The van der Waals surface area contributed by atoms with Gasteiger partial charge in [0.05, 0.1) is 7.11 Å². The van der Waals surface area contributed by atoms with E-state index in [1.54, 1.807) is 31.4 Å². The van der Waals surface area contributed by atoms with Gasteiger partial charge in [-0.2, -0.15) is 0 Å². The van der Waals surface area contributed by atoms with Gasteiger partial charge in [0, 0.05) is 0 Å². The summed E-state index contributed by atoms with van der Waals surface area (Å²) < 4.78 is 16.1. The fraction of sp³-hybridized carbons (Fsp3) is 0.318. The van der Waals surface area contributed by atoms with Crippen LogP contribution in [0, 0.1) is 6.92 Å². The summed E-state index contributed by atoms with van der Waals surface area (Å²) in [4.78, 5) is 23.9. The molecule has 0 bridgehead atoms. The summed E-state index contributed by atoms with van der Waals surface area (Å²) in [6.45, 7) is 5.62. The van der Waals surface area contributed by atoms with Gasteiger partial charge in [-0.25, -0.2) is 0 Å². The number of benzene rings is 2. The van der Waals surface area contributed by atoms with Crippen molar-refractivity contribution in [3.63, 3.8) is 0 Å². The van der Waals surface area contributed by atoms with Crippen molar-refractivity contribution in [1.82, 2.24) is 16.2 Å². The fourth-order valence-electron chi connectivity index (χ4n) is 2.56. The molecule has 0 unspecified atom stereocenters. The van der Waals surface area contributed by atoms with Gasteiger partial charge in [-0.1, -0.05) is 26.0 Å². The molecule has 0 aliphatic heterocycles. The highest BCUT2D eigenvalue weighted by molar-refractivity contribution is 7.80. The van der Waals surface area contributed by atoms with E-state index in [1.165, 1.54) is 0 Å². The Bertz CT molecular complexity index is 916. The van der Waals surface area contributed by atoms with Crippen LogP contribution in [0.4, 0.5) is 0 Å².